The summed E-state index contributed by atoms with van der Waals surface area (Å²) in [5.41, 5.74) is 2.91. The molecule has 0 saturated heterocycles. The van der Waals surface area contributed by atoms with Gasteiger partial charge in [0, 0.05) is 5.56 Å². The molecule has 1 aromatic carbocycles. The Hall–Kier alpha value is -2.64. The number of esters is 1. The van der Waals surface area contributed by atoms with Gasteiger partial charge in [-0.2, -0.15) is 13.2 Å². The molecule has 0 fully saturated rings. The van der Waals surface area contributed by atoms with Gasteiger partial charge in [0.15, 0.2) is 5.69 Å². The third-order valence-electron chi connectivity index (χ3n) is 2.85. The first-order chi connectivity index (χ1) is 10.2. The number of nitrogens with zero attached hydrogens (tertiary/aromatic N) is 1. The molecule has 0 atom stereocenters. The smallest absolute Gasteiger partial charge is 0.418 e. The maximum atomic E-state index is 13.1. The Balaban J connectivity index is 2.72. The lowest BCUT2D eigenvalue weighted by Gasteiger charge is -2.15. The summed E-state index contributed by atoms with van der Waals surface area (Å²) in [6, 6.07) is 4.85. The molecule has 1 aromatic heterocycles. The molecule has 22 heavy (non-hydrogen) atoms. The SMILES string of the molecule is COC(=O)c1nc(-c2ccc(F)cc2)c(C(F)(F)F)cc1N. The molecule has 0 bridgehead atoms. The Morgan fingerprint density at radius 2 is 1.82 bits per heavy atom. The van der Waals surface area contributed by atoms with Crippen LogP contribution in [-0.4, -0.2) is 18.1 Å². The van der Waals surface area contributed by atoms with Crippen molar-refractivity contribution in [3.05, 3.63) is 47.4 Å². The third-order valence-corrected chi connectivity index (χ3v) is 2.85. The quantitative estimate of drug-likeness (QED) is 0.682. The Morgan fingerprint density at radius 1 is 1.23 bits per heavy atom. The maximum absolute atomic E-state index is 13.1. The van der Waals surface area contributed by atoms with Crippen LogP contribution < -0.4 is 5.73 Å². The fourth-order valence-electron chi connectivity index (χ4n) is 1.83. The molecule has 2 aromatic rings. The number of methoxy groups -OCH3 is 1. The van der Waals surface area contributed by atoms with E-state index in [-0.39, 0.29) is 5.56 Å². The molecular weight excluding hydrogens is 304 g/mol. The monoisotopic (exact) mass is 314 g/mol. The summed E-state index contributed by atoms with van der Waals surface area (Å²) in [5.74, 6) is -1.57. The van der Waals surface area contributed by atoms with E-state index in [1.807, 2.05) is 0 Å². The number of pyridine rings is 1. The van der Waals surface area contributed by atoms with Gasteiger partial charge < -0.3 is 10.5 Å². The molecule has 8 heteroatoms. The number of carbonyl (C=O) groups excluding carboxylic acids is 1. The zero-order chi connectivity index (χ0) is 16.5. The molecule has 116 valence electrons. The number of hydrogen-bond donors (Lipinski definition) is 1. The molecule has 2 N–H and O–H groups in total. The molecule has 0 unspecified atom stereocenters. The third kappa shape index (κ3) is 3.00. The molecule has 0 radical (unpaired) electrons. The highest BCUT2D eigenvalue weighted by Crippen LogP contribution is 2.37. The van der Waals surface area contributed by atoms with Crippen LogP contribution in [0.4, 0.5) is 23.2 Å². The van der Waals surface area contributed by atoms with Crippen molar-refractivity contribution in [2.45, 2.75) is 6.18 Å². The van der Waals surface area contributed by atoms with E-state index in [9.17, 15) is 22.4 Å². The van der Waals surface area contributed by atoms with E-state index in [2.05, 4.69) is 9.72 Å². The Morgan fingerprint density at radius 3 is 2.32 bits per heavy atom. The van der Waals surface area contributed by atoms with Gasteiger partial charge in [-0.3, -0.25) is 0 Å². The van der Waals surface area contributed by atoms with E-state index in [1.54, 1.807) is 0 Å². The first-order valence-electron chi connectivity index (χ1n) is 5.96. The van der Waals surface area contributed by atoms with Crippen molar-refractivity contribution in [3.8, 4) is 11.3 Å². The summed E-state index contributed by atoms with van der Waals surface area (Å²) in [7, 11) is 1.05. The number of nitrogen functional groups attached to an aromatic ring is 1. The average Bonchev–Trinajstić information content (AvgIpc) is 2.46. The van der Waals surface area contributed by atoms with Crippen molar-refractivity contribution in [3.63, 3.8) is 0 Å². The zero-order valence-electron chi connectivity index (χ0n) is 11.2. The molecular formula is C14H10F4N2O2. The van der Waals surface area contributed by atoms with E-state index in [0.717, 1.165) is 31.4 Å². The van der Waals surface area contributed by atoms with Crippen molar-refractivity contribution in [1.29, 1.82) is 0 Å². The number of hydrogen-bond acceptors (Lipinski definition) is 4. The molecule has 0 aliphatic rings. The molecule has 0 saturated carbocycles. The second-order valence-electron chi connectivity index (χ2n) is 4.32. The van der Waals surface area contributed by atoms with Gasteiger partial charge in [-0.05, 0) is 30.3 Å². The predicted octanol–water partition coefficient (Wildman–Crippen LogP) is 3.28. The summed E-state index contributed by atoms with van der Waals surface area (Å²) >= 11 is 0. The maximum Gasteiger partial charge on any atom is 0.418 e. The first-order valence-corrected chi connectivity index (χ1v) is 5.96. The second kappa shape index (κ2) is 5.63. The standard InChI is InChI=1S/C14H10F4N2O2/c1-22-13(21)12-10(19)6-9(14(16,17)18)11(20-12)7-2-4-8(15)5-3-7/h2-6H,19H2,1H3. The summed E-state index contributed by atoms with van der Waals surface area (Å²) in [6.45, 7) is 0. The van der Waals surface area contributed by atoms with Crippen molar-refractivity contribution in [2.24, 2.45) is 0 Å². The molecule has 1 heterocycles. The molecule has 0 spiro atoms. The number of rotatable bonds is 2. The topological polar surface area (TPSA) is 65.2 Å². The number of halogens is 4. The van der Waals surface area contributed by atoms with Crippen LogP contribution >= 0.6 is 0 Å². The van der Waals surface area contributed by atoms with Crippen LogP contribution in [0.15, 0.2) is 30.3 Å². The van der Waals surface area contributed by atoms with Gasteiger partial charge in [0.2, 0.25) is 0 Å². The summed E-state index contributed by atoms with van der Waals surface area (Å²) < 4.78 is 56.7. The minimum Gasteiger partial charge on any atom is -0.464 e. The number of alkyl halides is 3. The largest absolute Gasteiger partial charge is 0.464 e. The summed E-state index contributed by atoms with van der Waals surface area (Å²) in [6.07, 6.45) is -4.74. The highest BCUT2D eigenvalue weighted by atomic mass is 19.4. The van der Waals surface area contributed by atoms with Crippen molar-refractivity contribution in [2.75, 3.05) is 12.8 Å². The van der Waals surface area contributed by atoms with E-state index >= 15 is 0 Å². The van der Waals surface area contributed by atoms with Gasteiger partial charge in [0.05, 0.1) is 24.1 Å². The van der Waals surface area contributed by atoms with E-state index in [0.29, 0.717) is 6.07 Å². The summed E-state index contributed by atoms with van der Waals surface area (Å²) in [5, 5.41) is 0. The van der Waals surface area contributed by atoms with Crippen molar-refractivity contribution < 1.29 is 27.1 Å². The second-order valence-corrected chi connectivity index (χ2v) is 4.32. The van der Waals surface area contributed by atoms with Crippen molar-refractivity contribution >= 4 is 11.7 Å². The minimum atomic E-state index is -4.74. The molecule has 4 nitrogen and oxygen atoms in total. The zero-order valence-corrected chi connectivity index (χ0v) is 11.2. The fourth-order valence-corrected chi connectivity index (χ4v) is 1.83. The van der Waals surface area contributed by atoms with Gasteiger partial charge in [0.1, 0.15) is 5.82 Å². The van der Waals surface area contributed by atoms with Crippen LogP contribution in [0.3, 0.4) is 0 Å². The lowest BCUT2D eigenvalue weighted by atomic mass is 10.0. The highest BCUT2D eigenvalue weighted by Gasteiger charge is 2.36. The lowest BCUT2D eigenvalue weighted by Crippen LogP contribution is -2.15. The molecule has 0 aliphatic heterocycles. The van der Waals surface area contributed by atoms with Crippen LogP contribution in [0.25, 0.3) is 11.3 Å². The van der Waals surface area contributed by atoms with Crippen LogP contribution in [0, 0.1) is 5.82 Å². The first kappa shape index (κ1) is 15.7. The molecule has 2 rings (SSSR count). The van der Waals surface area contributed by atoms with Crippen LogP contribution in [0.2, 0.25) is 0 Å². The number of aromatic nitrogens is 1. The normalized spacial score (nSPS) is 11.3. The van der Waals surface area contributed by atoms with Gasteiger partial charge in [0.25, 0.3) is 0 Å². The van der Waals surface area contributed by atoms with E-state index < -0.39 is 40.6 Å². The average molecular weight is 314 g/mol. The van der Waals surface area contributed by atoms with Gasteiger partial charge in [-0.1, -0.05) is 0 Å². The van der Waals surface area contributed by atoms with Gasteiger partial charge in [-0.25, -0.2) is 14.2 Å². The lowest BCUT2D eigenvalue weighted by molar-refractivity contribution is -0.137. The minimum absolute atomic E-state index is 0.00104. The molecule has 0 aliphatic carbocycles. The van der Waals surface area contributed by atoms with Gasteiger partial charge in [-0.15, -0.1) is 0 Å². The van der Waals surface area contributed by atoms with Crippen molar-refractivity contribution in [1.82, 2.24) is 4.98 Å². The number of benzene rings is 1. The number of ether oxygens (including phenoxy) is 1. The molecule has 0 amide bonds. The number of nitrogens with two attached hydrogens (primary N) is 1. The predicted molar refractivity (Wildman–Crippen MR) is 70.4 cm³/mol. The highest BCUT2D eigenvalue weighted by molar-refractivity contribution is 5.94. The van der Waals surface area contributed by atoms with Crippen LogP contribution in [0.5, 0.6) is 0 Å². The Bertz CT molecular complexity index is 712. The van der Waals surface area contributed by atoms with Crippen LogP contribution in [-0.2, 0) is 10.9 Å². The van der Waals surface area contributed by atoms with E-state index in [4.69, 9.17) is 5.73 Å². The Labute approximate surface area is 122 Å². The summed E-state index contributed by atoms with van der Waals surface area (Å²) in [4.78, 5) is 15.2. The Kier molecular flexibility index (Phi) is 4.03. The van der Waals surface area contributed by atoms with Gasteiger partial charge >= 0.3 is 12.1 Å². The van der Waals surface area contributed by atoms with E-state index in [1.165, 1.54) is 0 Å². The fraction of sp³-hybridized carbons (Fsp3) is 0.143. The van der Waals surface area contributed by atoms with Crippen LogP contribution in [0.1, 0.15) is 16.1 Å². The number of anilines is 1. The number of carbonyl (C=O) groups is 1.